The lowest BCUT2D eigenvalue weighted by Crippen LogP contribution is -2.30. The maximum atomic E-state index is 11.9. The van der Waals surface area contributed by atoms with Crippen LogP contribution in [0, 0.1) is 29.1 Å². The standard InChI is InChI=1S/C14H24N2O4/c1-4-11(14(18)20-6-5-19-3)8-12(13(16)17)7-10(2)9-15/h10-12H,4-8H2,1-3H3,(H2,16,17). The Labute approximate surface area is 120 Å². The zero-order chi connectivity index (χ0) is 15.5. The van der Waals surface area contributed by atoms with E-state index in [2.05, 4.69) is 6.07 Å². The molecule has 0 aromatic carbocycles. The van der Waals surface area contributed by atoms with Crippen LogP contribution in [0.2, 0.25) is 0 Å². The first-order valence-corrected chi connectivity index (χ1v) is 6.80. The van der Waals surface area contributed by atoms with Gasteiger partial charge in [-0.2, -0.15) is 5.26 Å². The normalized spacial score (nSPS) is 14.9. The molecule has 20 heavy (non-hydrogen) atoms. The highest BCUT2D eigenvalue weighted by Crippen LogP contribution is 2.23. The Morgan fingerprint density at radius 2 is 1.90 bits per heavy atom. The summed E-state index contributed by atoms with van der Waals surface area (Å²) in [7, 11) is 1.53. The summed E-state index contributed by atoms with van der Waals surface area (Å²) >= 11 is 0. The number of nitriles is 1. The zero-order valence-electron chi connectivity index (χ0n) is 12.4. The first-order valence-electron chi connectivity index (χ1n) is 6.80. The maximum absolute atomic E-state index is 11.9. The smallest absolute Gasteiger partial charge is 0.309 e. The van der Waals surface area contributed by atoms with Crippen LogP contribution in [-0.4, -0.2) is 32.2 Å². The molecule has 0 saturated carbocycles. The summed E-state index contributed by atoms with van der Waals surface area (Å²) < 4.78 is 9.87. The molecule has 3 atom stereocenters. The van der Waals surface area contributed by atoms with E-state index in [1.54, 1.807) is 6.92 Å². The number of primary amides is 1. The predicted molar refractivity (Wildman–Crippen MR) is 73.3 cm³/mol. The van der Waals surface area contributed by atoms with Crippen molar-refractivity contribution < 1.29 is 19.1 Å². The number of rotatable bonds is 10. The van der Waals surface area contributed by atoms with E-state index in [-0.39, 0.29) is 24.4 Å². The van der Waals surface area contributed by atoms with E-state index in [1.807, 2.05) is 6.92 Å². The Hall–Kier alpha value is -1.61. The second kappa shape index (κ2) is 10.2. The van der Waals surface area contributed by atoms with E-state index >= 15 is 0 Å². The van der Waals surface area contributed by atoms with E-state index in [9.17, 15) is 9.59 Å². The highest BCUT2D eigenvalue weighted by atomic mass is 16.6. The molecule has 114 valence electrons. The molecule has 0 aliphatic heterocycles. The number of carbonyl (C=O) groups is 2. The van der Waals surface area contributed by atoms with Gasteiger partial charge in [0.2, 0.25) is 5.91 Å². The topological polar surface area (TPSA) is 102 Å². The second-order valence-corrected chi connectivity index (χ2v) is 4.87. The minimum Gasteiger partial charge on any atom is -0.463 e. The van der Waals surface area contributed by atoms with Gasteiger partial charge in [-0.25, -0.2) is 0 Å². The van der Waals surface area contributed by atoms with Gasteiger partial charge in [-0.1, -0.05) is 6.92 Å². The summed E-state index contributed by atoms with van der Waals surface area (Å²) in [6, 6.07) is 2.07. The number of amides is 1. The van der Waals surface area contributed by atoms with Crippen LogP contribution in [0.15, 0.2) is 0 Å². The quantitative estimate of drug-likeness (QED) is 0.480. The van der Waals surface area contributed by atoms with Crippen LogP contribution in [0.1, 0.15) is 33.1 Å². The molecule has 1 amide bonds. The highest BCUT2D eigenvalue weighted by molar-refractivity contribution is 5.78. The van der Waals surface area contributed by atoms with Crippen molar-refractivity contribution in [3.63, 3.8) is 0 Å². The van der Waals surface area contributed by atoms with E-state index in [0.29, 0.717) is 25.9 Å². The lowest BCUT2D eigenvalue weighted by molar-refractivity contribution is -0.150. The average molecular weight is 284 g/mol. The Balaban J connectivity index is 4.51. The summed E-state index contributed by atoms with van der Waals surface area (Å²) in [6.45, 7) is 4.12. The third-order valence-electron chi connectivity index (χ3n) is 3.19. The van der Waals surface area contributed by atoms with Crippen LogP contribution in [0.25, 0.3) is 0 Å². The third-order valence-corrected chi connectivity index (χ3v) is 3.19. The number of methoxy groups -OCH3 is 1. The fourth-order valence-corrected chi connectivity index (χ4v) is 1.92. The van der Waals surface area contributed by atoms with Gasteiger partial charge in [-0.15, -0.1) is 0 Å². The molecule has 6 nitrogen and oxygen atoms in total. The molecule has 0 spiro atoms. The molecule has 0 aromatic heterocycles. The van der Waals surface area contributed by atoms with Gasteiger partial charge < -0.3 is 15.2 Å². The van der Waals surface area contributed by atoms with Gasteiger partial charge in [0, 0.05) is 18.9 Å². The van der Waals surface area contributed by atoms with Gasteiger partial charge >= 0.3 is 5.97 Å². The second-order valence-electron chi connectivity index (χ2n) is 4.87. The minimum absolute atomic E-state index is 0.196. The first kappa shape index (κ1) is 18.4. The van der Waals surface area contributed by atoms with Crippen molar-refractivity contribution in [3.8, 4) is 6.07 Å². The molecule has 2 N–H and O–H groups in total. The van der Waals surface area contributed by atoms with E-state index in [0.717, 1.165) is 0 Å². The van der Waals surface area contributed by atoms with Crippen LogP contribution >= 0.6 is 0 Å². The highest BCUT2D eigenvalue weighted by Gasteiger charge is 2.27. The number of esters is 1. The largest absolute Gasteiger partial charge is 0.463 e. The molecular formula is C14H24N2O4. The monoisotopic (exact) mass is 284 g/mol. The van der Waals surface area contributed by atoms with Gasteiger partial charge in [0.25, 0.3) is 0 Å². The van der Waals surface area contributed by atoms with Crippen molar-refractivity contribution in [2.45, 2.75) is 33.1 Å². The Bertz CT molecular complexity index is 352. The van der Waals surface area contributed by atoms with Crippen LogP contribution in [0.4, 0.5) is 0 Å². The zero-order valence-corrected chi connectivity index (χ0v) is 12.4. The van der Waals surface area contributed by atoms with Gasteiger partial charge in [0.15, 0.2) is 0 Å². The van der Waals surface area contributed by atoms with Crippen molar-refractivity contribution in [1.82, 2.24) is 0 Å². The van der Waals surface area contributed by atoms with Crippen molar-refractivity contribution in [3.05, 3.63) is 0 Å². The molecule has 0 aliphatic rings. The van der Waals surface area contributed by atoms with Crippen molar-refractivity contribution in [2.24, 2.45) is 23.5 Å². The van der Waals surface area contributed by atoms with Crippen LogP contribution in [-0.2, 0) is 19.1 Å². The number of hydrogen-bond donors (Lipinski definition) is 1. The number of carbonyl (C=O) groups excluding carboxylic acids is 2. The number of nitrogens with two attached hydrogens (primary N) is 1. The van der Waals surface area contributed by atoms with E-state index in [1.165, 1.54) is 7.11 Å². The number of hydrogen-bond acceptors (Lipinski definition) is 5. The van der Waals surface area contributed by atoms with Crippen molar-refractivity contribution >= 4 is 11.9 Å². The molecule has 0 aromatic rings. The average Bonchev–Trinajstić information content (AvgIpc) is 2.42. The van der Waals surface area contributed by atoms with Gasteiger partial charge in [0.1, 0.15) is 6.61 Å². The molecular weight excluding hydrogens is 260 g/mol. The summed E-state index contributed by atoms with van der Waals surface area (Å²) in [6.07, 6.45) is 1.26. The lowest BCUT2D eigenvalue weighted by Gasteiger charge is -2.20. The van der Waals surface area contributed by atoms with Crippen LogP contribution < -0.4 is 5.73 Å². The fraction of sp³-hybridized carbons (Fsp3) is 0.786. The van der Waals surface area contributed by atoms with Gasteiger partial charge in [-0.05, 0) is 26.2 Å². The maximum Gasteiger partial charge on any atom is 0.309 e. The first-order chi connectivity index (χ1) is 9.46. The summed E-state index contributed by atoms with van der Waals surface area (Å²) in [5, 5.41) is 8.80. The molecule has 3 unspecified atom stereocenters. The number of nitrogens with zero attached hydrogens (tertiary/aromatic N) is 1. The van der Waals surface area contributed by atoms with Gasteiger partial charge in [-0.3, -0.25) is 9.59 Å². The van der Waals surface area contributed by atoms with E-state index in [4.69, 9.17) is 20.5 Å². The summed E-state index contributed by atoms with van der Waals surface area (Å²) in [5.41, 5.74) is 5.34. The molecule has 0 aliphatic carbocycles. The molecule has 0 heterocycles. The SMILES string of the molecule is CCC(CC(CC(C)C#N)C(N)=O)C(=O)OCCOC. The molecule has 6 heteroatoms. The molecule has 0 saturated heterocycles. The Morgan fingerprint density at radius 1 is 1.25 bits per heavy atom. The molecule has 0 bridgehead atoms. The minimum atomic E-state index is -0.482. The van der Waals surface area contributed by atoms with Gasteiger partial charge in [0.05, 0.1) is 18.6 Å². The fourth-order valence-electron chi connectivity index (χ4n) is 1.92. The van der Waals surface area contributed by atoms with Crippen LogP contribution in [0.3, 0.4) is 0 Å². The van der Waals surface area contributed by atoms with Crippen molar-refractivity contribution in [1.29, 1.82) is 5.26 Å². The summed E-state index contributed by atoms with van der Waals surface area (Å²) in [5.74, 6) is -1.95. The Morgan fingerprint density at radius 3 is 2.35 bits per heavy atom. The molecule has 0 radical (unpaired) electrons. The van der Waals surface area contributed by atoms with E-state index < -0.39 is 11.8 Å². The van der Waals surface area contributed by atoms with Crippen LogP contribution in [0.5, 0.6) is 0 Å². The van der Waals surface area contributed by atoms with Crippen molar-refractivity contribution in [2.75, 3.05) is 20.3 Å². The lowest BCUT2D eigenvalue weighted by atomic mass is 9.86. The predicted octanol–water partition coefficient (Wildman–Crippen LogP) is 1.24. The third kappa shape index (κ3) is 7.10. The Kier molecular flexibility index (Phi) is 9.39. The molecule has 0 fully saturated rings. The number of ether oxygens (including phenoxy) is 2. The summed E-state index contributed by atoms with van der Waals surface area (Å²) in [4.78, 5) is 23.3. The molecule has 0 rings (SSSR count).